The third kappa shape index (κ3) is 3.04. The molecule has 8 nitrogen and oxygen atoms in total. The van der Waals surface area contributed by atoms with Crippen LogP contribution in [0.3, 0.4) is 0 Å². The molecule has 0 amide bonds. The molecule has 0 unspecified atom stereocenters. The maximum atomic E-state index is 11.4. The van der Waals surface area contributed by atoms with Gasteiger partial charge in [0.2, 0.25) is 0 Å². The standard InChI is InChI=1S/C11H11ClN6O2/c1-20-11(19)7-9(13)16-10(8(12)15-7)18-17-6-4-2-3-5-14-6/h2-5H,1H3,(H,14,17)(H3,13,16,18). The Bertz CT molecular complexity index is 622. The van der Waals surface area contributed by atoms with E-state index in [-0.39, 0.29) is 22.5 Å². The van der Waals surface area contributed by atoms with Crippen LogP contribution in [0.5, 0.6) is 0 Å². The highest BCUT2D eigenvalue weighted by Gasteiger charge is 2.17. The molecule has 9 heteroatoms. The van der Waals surface area contributed by atoms with Gasteiger partial charge in [-0.25, -0.2) is 19.7 Å². The molecule has 0 aromatic carbocycles. The first-order valence-electron chi connectivity index (χ1n) is 5.46. The van der Waals surface area contributed by atoms with Crippen LogP contribution in [-0.4, -0.2) is 28.0 Å². The number of nitrogens with one attached hydrogen (secondary N) is 2. The zero-order valence-corrected chi connectivity index (χ0v) is 11.2. The number of nitrogens with zero attached hydrogens (tertiary/aromatic N) is 3. The van der Waals surface area contributed by atoms with Gasteiger partial charge in [0, 0.05) is 6.20 Å². The Hall–Kier alpha value is -2.61. The fourth-order valence-electron chi connectivity index (χ4n) is 1.31. The van der Waals surface area contributed by atoms with Crippen LogP contribution in [0.25, 0.3) is 0 Å². The number of hydrogen-bond donors (Lipinski definition) is 3. The van der Waals surface area contributed by atoms with E-state index in [1.165, 1.54) is 7.11 Å². The van der Waals surface area contributed by atoms with Crippen molar-refractivity contribution in [3.05, 3.63) is 35.2 Å². The van der Waals surface area contributed by atoms with Crippen LogP contribution < -0.4 is 16.6 Å². The van der Waals surface area contributed by atoms with Gasteiger partial charge in [-0.1, -0.05) is 17.7 Å². The van der Waals surface area contributed by atoms with Gasteiger partial charge >= 0.3 is 5.97 Å². The van der Waals surface area contributed by atoms with Crippen molar-refractivity contribution in [2.24, 2.45) is 0 Å². The molecule has 0 fully saturated rings. The second-order valence-corrected chi connectivity index (χ2v) is 3.91. The number of carbonyl (C=O) groups is 1. The molecule has 4 N–H and O–H groups in total. The first-order chi connectivity index (χ1) is 9.61. The fraction of sp³-hybridized carbons (Fsp3) is 0.0909. The van der Waals surface area contributed by atoms with E-state index < -0.39 is 5.97 Å². The first kappa shape index (κ1) is 13.8. The predicted molar refractivity (Wildman–Crippen MR) is 74.3 cm³/mol. The number of esters is 1. The summed E-state index contributed by atoms with van der Waals surface area (Å²) in [5.74, 6) is -0.0730. The number of pyridine rings is 1. The molecule has 0 spiro atoms. The number of hydrogen-bond acceptors (Lipinski definition) is 8. The Balaban J connectivity index is 2.17. The van der Waals surface area contributed by atoms with E-state index in [0.29, 0.717) is 5.82 Å². The minimum atomic E-state index is -0.707. The van der Waals surface area contributed by atoms with Gasteiger partial charge in [0.05, 0.1) is 7.11 Å². The number of nitrogens with two attached hydrogens (primary N) is 1. The molecule has 0 saturated carbocycles. The summed E-state index contributed by atoms with van der Waals surface area (Å²) in [5.41, 5.74) is 11.0. The number of aromatic nitrogens is 3. The Morgan fingerprint density at radius 3 is 2.80 bits per heavy atom. The lowest BCUT2D eigenvalue weighted by Crippen LogP contribution is -2.16. The van der Waals surface area contributed by atoms with Gasteiger partial charge in [-0.15, -0.1) is 0 Å². The average Bonchev–Trinajstić information content (AvgIpc) is 2.48. The van der Waals surface area contributed by atoms with Gasteiger partial charge in [0.1, 0.15) is 5.82 Å². The number of hydrazine groups is 1. The number of nitrogen functional groups attached to an aromatic ring is 1. The summed E-state index contributed by atoms with van der Waals surface area (Å²) in [6.07, 6.45) is 1.62. The minimum absolute atomic E-state index is 0.0250. The number of anilines is 3. The first-order valence-corrected chi connectivity index (χ1v) is 5.84. The van der Waals surface area contributed by atoms with Crippen LogP contribution >= 0.6 is 11.6 Å². The molecular weight excluding hydrogens is 284 g/mol. The summed E-state index contributed by atoms with van der Waals surface area (Å²) in [4.78, 5) is 23.2. The Kier molecular flexibility index (Phi) is 4.16. The molecule has 0 aliphatic heterocycles. The normalized spacial score (nSPS) is 9.90. The molecule has 2 rings (SSSR count). The third-order valence-electron chi connectivity index (χ3n) is 2.23. The van der Waals surface area contributed by atoms with Gasteiger partial charge in [-0.3, -0.25) is 10.9 Å². The third-order valence-corrected chi connectivity index (χ3v) is 2.50. The van der Waals surface area contributed by atoms with Crippen molar-refractivity contribution < 1.29 is 9.53 Å². The van der Waals surface area contributed by atoms with Gasteiger partial charge in [0.25, 0.3) is 0 Å². The number of methoxy groups -OCH3 is 1. The molecule has 0 saturated heterocycles. The summed E-state index contributed by atoms with van der Waals surface area (Å²) in [6.45, 7) is 0. The molecule has 20 heavy (non-hydrogen) atoms. The topological polar surface area (TPSA) is 115 Å². The van der Waals surface area contributed by atoms with Crippen LogP contribution in [0.2, 0.25) is 5.15 Å². The van der Waals surface area contributed by atoms with Crippen molar-refractivity contribution in [3.8, 4) is 0 Å². The number of halogens is 1. The fourth-order valence-corrected chi connectivity index (χ4v) is 1.49. The van der Waals surface area contributed by atoms with Crippen molar-refractivity contribution in [2.75, 3.05) is 23.7 Å². The summed E-state index contributed by atoms with van der Waals surface area (Å²) in [5, 5.41) is -0.0250. The molecular formula is C11H11ClN6O2. The quantitative estimate of drug-likeness (QED) is 0.571. The van der Waals surface area contributed by atoms with E-state index in [2.05, 4.69) is 30.5 Å². The second kappa shape index (κ2) is 6.02. The molecule has 2 heterocycles. The zero-order valence-electron chi connectivity index (χ0n) is 10.4. The van der Waals surface area contributed by atoms with Gasteiger partial charge in [0.15, 0.2) is 22.5 Å². The molecule has 0 atom stereocenters. The lowest BCUT2D eigenvalue weighted by atomic mass is 10.4. The highest BCUT2D eigenvalue weighted by molar-refractivity contribution is 6.32. The minimum Gasteiger partial charge on any atom is -0.464 e. The lowest BCUT2D eigenvalue weighted by Gasteiger charge is -2.10. The summed E-state index contributed by atoms with van der Waals surface area (Å²) >= 11 is 5.91. The number of rotatable bonds is 4. The molecule has 104 valence electrons. The lowest BCUT2D eigenvalue weighted by molar-refractivity contribution is 0.0595. The van der Waals surface area contributed by atoms with Crippen molar-refractivity contribution in [1.82, 2.24) is 15.0 Å². The van der Waals surface area contributed by atoms with Crippen molar-refractivity contribution >= 4 is 35.0 Å². The van der Waals surface area contributed by atoms with Crippen LogP contribution in [0.4, 0.5) is 17.5 Å². The zero-order chi connectivity index (χ0) is 14.5. The number of ether oxygens (including phenoxy) is 1. The highest BCUT2D eigenvalue weighted by Crippen LogP contribution is 2.20. The monoisotopic (exact) mass is 294 g/mol. The van der Waals surface area contributed by atoms with Crippen molar-refractivity contribution in [1.29, 1.82) is 0 Å². The van der Waals surface area contributed by atoms with E-state index in [1.54, 1.807) is 24.4 Å². The Morgan fingerprint density at radius 2 is 2.15 bits per heavy atom. The van der Waals surface area contributed by atoms with E-state index in [4.69, 9.17) is 17.3 Å². The molecule has 2 aromatic rings. The maximum Gasteiger partial charge on any atom is 0.360 e. The summed E-state index contributed by atoms with van der Waals surface area (Å²) in [6, 6.07) is 5.32. The molecule has 2 aromatic heterocycles. The smallest absolute Gasteiger partial charge is 0.360 e. The van der Waals surface area contributed by atoms with Crippen molar-refractivity contribution in [3.63, 3.8) is 0 Å². The van der Waals surface area contributed by atoms with Crippen LogP contribution in [0.15, 0.2) is 24.4 Å². The van der Waals surface area contributed by atoms with Crippen LogP contribution in [-0.2, 0) is 4.74 Å². The largest absolute Gasteiger partial charge is 0.464 e. The predicted octanol–water partition coefficient (Wildman–Crippen LogP) is 1.33. The second-order valence-electron chi connectivity index (χ2n) is 3.55. The van der Waals surface area contributed by atoms with E-state index in [1.807, 2.05) is 0 Å². The maximum absolute atomic E-state index is 11.4. The van der Waals surface area contributed by atoms with Gasteiger partial charge < -0.3 is 10.5 Å². The molecule has 0 radical (unpaired) electrons. The van der Waals surface area contributed by atoms with Gasteiger partial charge in [-0.2, -0.15) is 0 Å². The molecule has 0 aliphatic carbocycles. The SMILES string of the molecule is COC(=O)c1nc(Cl)c(NNc2ccccn2)nc1N. The average molecular weight is 295 g/mol. The summed E-state index contributed by atoms with van der Waals surface area (Å²) in [7, 11) is 1.21. The van der Waals surface area contributed by atoms with Gasteiger partial charge in [-0.05, 0) is 12.1 Å². The Morgan fingerprint density at radius 1 is 1.35 bits per heavy atom. The molecule has 0 bridgehead atoms. The van der Waals surface area contributed by atoms with Crippen molar-refractivity contribution in [2.45, 2.75) is 0 Å². The number of carbonyl (C=O) groups excluding carboxylic acids is 1. The summed E-state index contributed by atoms with van der Waals surface area (Å²) < 4.78 is 4.52. The Labute approximate surface area is 119 Å². The molecule has 0 aliphatic rings. The highest BCUT2D eigenvalue weighted by atomic mass is 35.5. The van der Waals surface area contributed by atoms with E-state index in [9.17, 15) is 4.79 Å². The van der Waals surface area contributed by atoms with E-state index >= 15 is 0 Å². The van der Waals surface area contributed by atoms with E-state index in [0.717, 1.165) is 0 Å². The van der Waals surface area contributed by atoms with Crippen LogP contribution in [0, 0.1) is 0 Å². The van der Waals surface area contributed by atoms with Crippen LogP contribution in [0.1, 0.15) is 10.5 Å².